The summed E-state index contributed by atoms with van der Waals surface area (Å²) < 4.78 is 22.4. The molecule has 7 heteroatoms. The number of halogens is 2. The molecule has 0 aliphatic rings. The van der Waals surface area contributed by atoms with Gasteiger partial charge in [0, 0.05) is 31.4 Å². The summed E-state index contributed by atoms with van der Waals surface area (Å²) in [6.07, 6.45) is 1.82. The van der Waals surface area contributed by atoms with Gasteiger partial charge < -0.3 is 4.74 Å². The molecule has 0 radical (unpaired) electrons. The van der Waals surface area contributed by atoms with Gasteiger partial charge in [0.1, 0.15) is 5.82 Å². The second-order valence-corrected chi connectivity index (χ2v) is 5.40. The molecule has 1 atom stereocenters. The minimum Gasteiger partial charge on any atom is -0.494 e. The number of imidazole rings is 1. The quantitative estimate of drug-likeness (QED) is 0.698. The van der Waals surface area contributed by atoms with Gasteiger partial charge in [0.25, 0.3) is 0 Å². The van der Waals surface area contributed by atoms with E-state index < -0.39 is 5.82 Å². The standard InChI is InChI=1S/C14H14ClFN4O/c1-8(15)14-17-10-6-9(16)12(21-3)7-11(10)20(14)13-4-5-19(2)18-13/h4-8H,1-3H3. The van der Waals surface area contributed by atoms with Crippen LogP contribution in [0.3, 0.4) is 0 Å². The molecule has 21 heavy (non-hydrogen) atoms. The van der Waals surface area contributed by atoms with E-state index in [-0.39, 0.29) is 11.1 Å². The van der Waals surface area contributed by atoms with E-state index in [2.05, 4.69) is 10.1 Å². The van der Waals surface area contributed by atoms with Gasteiger partial charge in [0.2, 0.25) is 0 Å². The Kier molecular flexibility index (Phi) is 3.33. The Morgan fingerprint density at radius 3 is 2.71 bits per heavy atom. The molecule has 0 saturated heterocycles. The van der Waals surface area contributed by atoms with Crippen LogP contribution >= 0.6 is 11.6 Å². The first-order valence-electron chi connectivity index (χ1n) is 6.41. The Bertz CT molecular complexity index is 809. The van der Waals surface area contributed by atoms with E-state index in [9.17, 15) is 4.39 Å². The lowest BCUT2D eigenvalue weighted by Gasteiger charge is -2.08. The van der Waals surface area contributed by atoms with Gasteiger partial charge in [-0.2, -0.15) is 5.10 Å². The molecule has 110 valence electrons. The van der Waals surface area contributed by atoms with E-state index in [0.29, 0.717) is 22.7 Å². The van der Waals surface area contributed by atoms with Gasteiger partial charge in [-0.25, -0.2) is 9.37 Å². The number of ether oxygens (including phenoxy) is 1. The first-order valence-corrected chi connectivity index (χ1v) is 6.85. The fraction of sp³-hybridized carbons (Fsp3) is 0.286. The van der Waals surface area contributed by atoms with Crippen LogP contribution in [0, 0.1) is 5.82 Å². The van der Waals surface area contributed by atoms with Crippen LogP contribution in [-0.2, 0) is 7.05 Å². The Morgan fingerprint density at radius 2 is 2.14 bits per heavy atom. The van der Waals surface area contributed by atoms with Gasteiger partial charge in [-0.05, 0) is 6.92 Å². The summed E-state index contributed by atoms with van der Waals surface area (Å²) >= 11 is 6.21. The molecule has 5 nitrogen and oxygen atoms in total. The SMILES string of the molecule is COc1cc2c(cc1F)nc(C(C)Cl)n2-c1ccn(C)n1. The maximum absolute atomic E-state index is 13.8. The largest absolute Gasteiger partial charge is 0.494 e. The normalized spacial score (nSPS) is 12.8. The van der Waals surface area contributed by atoms with Crippen molar-refractivity contribution in [2.24, 2.45) is 7.05 Å². The van der Waals surface area contributed by atoms with Gasteiger partial charge in [0.15, 0.2) is 17.4 Å². The molecule has 1 unspecified atom stereocenters. The predicted octanol–water partition coefficient (Wildman–Crippen LogP) is 3.21. The molecule has 3 aromatic rings. The van der Waals surface area contributed by atoms with Crippen molar-refractivity contribution < 1.29 is 9.13 Å². The van der Waals surface area contributed by atoms with Crippen molar-refractivity contribution in [2.75, 3.05) is 7.11 Å². The smallest absolute Gasteiger partial charge is 0.167 e. The van der Waals surface area contributed by atoms with E-state index in [1.807, 2.05) is 30.8 Å². The van der Waals surface area contributed by atoms with E-state index in [0.717, 1.165) is 0 Å². The van der Waals surface area contributed by atoms with Gasteiger partial charge in [-0.1, -0.05) is 0 Å². The molecular weight excluding hydrogens is 295 g/mol. The lowest BCUT2D eigenvalue weighted by Crippen LogP contribution is -2.03. The van der Waals surface area contributed by atoms with E-state index in [4.69, 9.17) is 16.3 Å². The third-order valence-electron chi connectivity index (χ3n) is 3.24. The van der Waals surface area contributed by atoms with Crippen LogP contribution in [0.15, 0.2) is 24.4 Å². The molecule has 0 spiro atoms. The highest BCUT2D eigenvalue weighted by atomic mass is 35.5. The third kappa shape index (κ3) is 2.25. The molecule has 0 N–H and O–H groups in total. The second kappa shape index (κ2) is 5.04. The summed E-state index contributed by atoms with van der Waals surface area (Å²) in [6.45, 7) is 1.82. The molecule has 1 aromatic carbocycles. The number of fused-ring (bicyclic) bond motifs is 1. The minimum absolute atomic E-state index is 0.161. The van der Waals surface area contributed by atoms with Crippen LogP contribution in [0.4, 0.5) is 4.39 Å². The second-order valence-electron chi connectivity index (χ2n) is 4.74. The first kappa shape index (κ1) is 13.9. The molecule has 3 rings (SSSR count). The number of rotatable bonds is 3. The minimum atomic E-state index is -0.454. The monoisotopic (exact) mass is 308 g/mol. The summed E-state index contributed by atoms with van der Waals surface area (Å²) in [5, 5.41) is 4.03. The number of methoxy groups -OCH3 is 1. The third-order valence-corrected chi connectivity index (χ3v) is 3.43. The van der Waals surface area contributed by atoms with Crippen LogP contribution in [0.25, 0.3) is 16.9 Å². The van der Waals surface area contributed by atoms with Gasteiger partial charge in [-0.3, -0.25) is 9.25 Å². The van der Waals surface area contributed by atoms with Crippen LogP contribution in [0.1, 0.15) is 18.1 Å². The first-order chi connectivity index (χ1) is 10.0. The molecule has 0 bridgehead atoms. The highest BCUT2D eigenvalue weighted by molar-refractivity contribution is 6.20. The van der Waals surface area contributed by atoms with Crippen molar-refractivity contribution in [2.45, 2.75) is 12.3 Å². The van der Waals surface area contributed by atoms with Crippen molar-refractivity contribution in [3.05, 3.63) is 36.0 Å². The van der Waals surface area contributed by atoms with E-state index in [1.165, 1.54) is 13.2 Å². The summed E-state index contributed by atoms with van der Waals surface area (Å²) in [6, 6.07) is 4.80. The average Bonchev–Trinajstić information content (AvgIpc) is 3.00. The van der Waals surface area contributed by atoms with Crippen LogP contribution in [0.5, 0.6) is 5.75 Å². The molecule has 0 aliphatic carbocycles. The average molecular weight is 309 g/mol. The fourth-order valence-corrected chi connectivity index (χ4v) is 2.43. The number of nitrogens with zero attached hydrogens (tertiary/aromatic N) is 4. The molecule has 2 heterocycles. The summed E-state index contributed by atoms with van der Waals surface area (Å²) in [7, 11) is 3.25. The summed E-state index contributed by atoms with van der Waals surface area (Å²) in [5.74, 6) is 0.993. The van der Waals surface area contributed by atoms with Crippen molar-refractivity contribution in [1.82, 2.24) is 19.3 Å². The van der Waals surface area contributed by atoms with Crippen LogP contribution < -0.4 is 4.74 Å². The topological polar surface area (TPSA) is 44.9 Å². The molecule has 0 aliphatic heterocycles. The number of hydrogen-bond acceptors (Lipinski definition) is 3. The van der Waals surface area contributed by atoms with Gasteiger partial charge in [-0.15, -0.1) is 11.6 Å². The Labute approximate surface area is 125 Å². The Hall–Kier alpha value is -2.08. The van der Waals surface area contributed by atoms with Crippen LogP contribution in [0.2, 0.25) is 0 Å². The van der Waals surface area contributed by atoms with Crippen molar-refractivity contribution in [3.8, 4) is 11.6 Å². The Morgan fingerprint density at radius 1 is 1.38 bits per heavy atom. The fourth-order valence-electron chi connectivity index (χ4n) is 2.28. The lowest BCUT2D eigenvalue weighted by molar-refractivity contribution is 0.387. The summed E-state index contributed by atoms with van der Waals surface area (Å²) in [5.41, 5.74) is 1.22. The van der Waals surface area contributed by atoms with Crippen molar-refractivity contribution in [3.63, 3.8) is 0 Å². The molecule has 0 amide bonds. The van der Waals surface area contributed by atoms with Gasteiger partial charge in [0.05, 0.1) is 23.5 Å². The zero-order valence-electron chi connectivity index (χ0n) is 11.8. The molecule has 0 fully saturated rings. The van der Waals surface area contributed by atoms with E-state index in [1.54, 1.807) is 10.7 Å². The lowest BCUT2D eigenvalue weighted by atomic mass is 10.3. The number of aryl methyl sites for hydroxylation is 1. The van der Waals surface area contributed by atoms with Crippen molar-refractivity contribution >= 4 is 22.6 Å². The maximum atomic E-state index is 13.8. The number of benzene rings is 1. The maximum Gasteiger partial charge on any atom is 0.167 e. The highest BCUT2D eigenvalue weighted by Crippen LogP contribution is 2.31. The molecule has 0 saturated carbocycles. The summed E-state index contributed by atoms with van der Waals surface area (Å²) in [4.78, 5) is 4.42. The number of alkyl halides is 1. The number of hydrogen-bond donors (Lipinski definition) is 0. The highest BCUT2D eigenvalue weighted by Gasteiger charge is 2.20. The Balaban J connectivity index is 2.35. The van der Waals surface area contributed by atoms with Gasteiger partial charge >= 0.3 is 0 Å². The zero-order chi connectivity index (χ0) is 15.1. The number of aromatic nitrogens is 4. The van der Waals surface area contributed by atoms with E-state index >= 15 is 0 Å². The predicted molar refractivity (Wildman–Crippen MR) is 78.6 cm³/mol. The zero-order valence-corrected chi connectivity index (χ0v) is 12.6. The van der Waals surface area contributed by atoms with Crippen molar-refractivity contribution in [1.29, 1.82) is 0 Å². The molecular formula is C14H14ClFN4O. The van der Waals surface area contributed by atoms with Crippen LogP contribution in [-0.4, -0.2) is 26.4 Å². The molecule has 2 aromatic heterocycles.